The van der Waals surface area contributed by atoms with Crippen LogP contribution in [-0.4, -0.2) is 32.6 Å². The van der Waals surface area contributed by atoms with E-state index >= 15 is 0 Å². The molecule has 1 aromatic rings. The first-order chi connectivity index (χ1) is 10.4. The lowest BCUT2D eigenvalue weighted by Crippen LogP contribution is -2.34. The molecule has 0 radical (unpaired) electrons. The second kappa shape index (κ2) is 5.00. The molecular weight excluding hydrogens is 282 g/mol. The van der Waals surface area contributed by atoms with E-state index in [-0.39, 0.29) is 17.3 Å². The molecule has 0 aromatic heterocycles. The van der Waals surface area contributed by atoms with Crippen molar-refractivity contribution in [1.29, 1.82) is 0 Å². The van der Waals surface area contributed by atoms with E-state index in [9.17, 15) is 9.59 Å². The van der Waals surface area contributed by atoms with Crippen molar-refractivity contribution in [3.05, 3.63) is 27.8 Å². The number of nitrogens with one attached hydrogen (secondary N) is 1. The lowest BCUT2D eigenvalue weighted by molar-refractivity contribution is 0.0598. The van der Waals surface area contributed by atoms with E-state index in [2.05, 4.69) is 19.2 Å². The first-order valence-electron chi connectivity index (χ1n) is 7.50. The summed E-state index contributed by atoms with van der Waals surface area (Å²) < 4.78 is 10.6. The van der Waals surface area contributed by atoms with Gasteiger partial charge in [-0.15, -0.1) is 0 Å². The average Bonchev–Trinajstić information content (AvgIpc) is 2.79. The Morgan fingerprint density at radius 3 is 2.45 bits per heavy atom. The smallest absolute Gasteiger partial charge is 0.338 e. The zero-order valence-electron chi connectivity index (χ0n) is 13.5. The first-order valence-corrected chi connectivity index (χ1v) is 7.50. The van der Waals surface area contributed by atoms with Crippen LogP contribution in [0.15, 0.2) is 0 Å². The molecule has 0 saturated carbocycles. The Morgan fingerprint density at radius 2 is 1.82 bits per heavy atom. The monoisotopic (exact) mass is 303 g/mol. The van der Waals surface area contributed by atoms with Crippen LogP contribution in [0, 0.1) is 5.41 Å². The highest BCUT2D eigenvalue weighted by molar-refractivity contribution is 6.05. The number of ether oxygens (including phenoxy) is 2. The molecule has 5 heteroatoms. The van der Waals surface area contributed by atoms with Gasteiger partial charge in [0.2, 0.25) is 0 Å². The Balaban J connectivity index is 2.36. The van der Waals surface area contributed by atoms with Gasteiger partial charge < -0.3 is 14.8 Å². The molecule has 2 aliphatic rings. The number of carbonyl (C=O) groups is 2. The number of benzene rings is 1. The number of carbonyl (C=O) groups excluding carboxylic acids is 2. The molecule has 22 heavy (non-hydrogen) atoms. The number of rotatable bonds is 2. The Kier molecular flexibility index (Phi) is 3.38. The van der Waals surface area contributed by atoms with Crippen LogP contribution in [0.2, 0.25) is 0 Å². The number of methoxy groups -OCH3 is 2. The quantitative estimate of drug-likeness (QED) is 0.847. The fourth-order valence-electron chi connectivity index (χ4n) is 3.74. The summed E-state index contributed by atoms with van der Waals surface area (Å²) in [6.45, 7) is 4.85. The summed E-state index contributed by atoms with van der Waals surface area (Å²) in [6, 6.07) is 0. The van der Waals surface area contributed by atoms with Gasteiger partial charge in [-0.2, -0.15) is 0 Å². The normalized spacial score (nSPS) is 18.3. The average molecular weight is 303 g/mol. The van der Waals surface area contributed by atoms with E-state index in [4.69, 9.17) is 9.47 Å². The molecule has 0 atom stereocenters. The van der Waals surface area contributed by atoms with Gasteiger partial charge in [-0.3, -0.25) is 4.79 Å². The minimum absolute atomic E-state index is 0.0405. The van der Waals surface area contributed by atoms with E-state index in [1.54, 1.807) is 7.11 Å². The van der Waals surface area contributed by atoms with Crippen molar-refractivity contribution in [1.82, 2.24) is 5.32 Å². The van der Waals surface area contributed by atoms with Crippen molar-refractivity contribution in [2.24, 2.45) is 5.41 Å². The van der Waals surface area contributed by atoms with Crippen LogP contribution < -0.4 is 10.1 Å². The van der Waals surface area contributed by atoms with Crippen LogP contribution in [0.1, 0.15) is 51.3 Å². The SMILES string of the molecule is COC(=O)c1c2c(c(OC)c3c1CCNC3=O)CC(C)(C)C2. The number of esters is 1. The van der Waals surface area contributed by atoms with Gasteiger partial charge in [0.15, 0.2) is 0 Å². The van der Waals surface area contributed by atoms with E-state index in [0.717, 1.165) is 29.5 Å². The summed E-state index contributed by atoms with van der Waals surface area (Å²) in [7, 11) is 2.97. The van der Waals surface area contributed by atoms with Gasteiger partial charge in [-0.25, -0.2) is 4.79 Å². The van der Waals surface area contributed by atoms with Gasteiger partial charge in [0, 0.05) is 6.54 Å². The maximum absolute atomic E-state index is 12.4. The lowest BCUT2D eigenvalue weighted by Gasteiger charge is -2.24. The predicted molar refractivity (Wildman–Crippen MR) is 81.6 cm³/mol. The van der Waals surface area contributed by atoms with Gasteiger partial charge in [-0.05, 0) is 41.4 Å². The molecule has 1 N–H and O–H groups in total. The maximum atomic E-state index is 12.4. The van der Waals surface area contributed by atoms with Crippen LogP contribution in [0.3, 0.4) is 0 Å². The third-order valence-electron chi connectivity index (χ3n) is 4.56. The standard InChI is InChI=1S/C17H21NO4/c1-17(2)7-10-11(8-17)14(21-3)13-9(5-6-18-15(13)19)12(10)16(20)22-4/h5-8H2,1-4H3,(H,18,19). The van der Waals surface area contributed by atoms with E-state index in [1.807, 2.05) is 0 Å². The second-order valence-electron chi connectivity index (χ2n) is 6.73. The summed E-state index contributed by atoms with van der Waals surface area (Å²) in [5, 5.41) is 2.84. The molecule has 3 rings (SSSR count). The van der Waals surface area contributed by atoms with Crippen LogP contribution in [0.5, 0.6) is 5.75 Å². The summed E-state index contributed by atoms with van der Waals surface area (Å²) in [6.07, 6.45) is 2.20. The topological polar surface area (TPSA) is 64.6 Å². The minimum Gasteiger partial charge on any atom is -0.496 e. The highest BCUT2D eigenvalue weighted by Crippen LogP contribution is 2.46. The minimum atomic E-state index is -0.359. The number of hydrogen-bond donors (Lipinski definition) is 1. The zero-order valence-corrected chi connectivity index (χ0v) is 13.5. The van der Waals surface area contributed by atoms with Gasteiger partial charge in [0.05, 0.1) is 25.3 Å². The predicted octanol–water partition coefficient (Wildman–Crippen LogP) is 1.89. The molecule has 1 aromatic carbocycles. The highest BCUT2D eigenvalue weighted by atomic mass is 16.5. The fraction of sp³-hybridized carbons (Fsp3) is 0.529. The number of amides is 1. The molecule has 0 bridgehead atoms. The molecule has 118 valence electrons. The highest BCUT2D eigenvalue weighted by Gasteiger charge is 2.40. The zero-order chi connectivity index (χ0) is 16.1. The summed E-state index contributed by atoms with van der Waals surface area (Å²) in [4.78, 5) is 24.7. The molecule has 0 unspecified atom stereocenters. The number of hydrogen-bond acceptors (Lipinski definition) is 4. The maximum Gasteiger partial charge on any atom is 0.338 e. The van der Waals surface area contributed by atoms with Crippen molar-refractivity contribution >= 4 is 11.9 Å². The van der Waals surface area contributed by atoms with Crippen LogP contribution in [0.4, 0.5) is 0 Å². The summed E-state index contributed by atoms with van der Waals surface area (Å²) >= 11 is 0. The molecule has 1 heterocycles. The molecule has 1 aliphatic carbocycles. The Hall–Kier alpha value is -2.04. The molecule has 0 spiro atoms. The van der Waals surface area contributed by atoms with Gasteiger partial charge in [-0.1, -0.05) is 13.8 Å². The van der Waals surface area contributed by atoms with E-state index in [1.165, 1.54) is 7.11 Å². The largest absolute Gasteiger partial charge is 0.496 e. The Labute approximate surface area is 130 Å². The third-order valence-corrected chi connectivity index (χ3v) is 4.56. The Bertz CT molecular complexity index is 676. The van der Waals surface area contributed by atoms with Crippen molar-refractivity contribution < 1.29 is 19.1 Å². The molecule has 0 saturated heterocycles. The van der Waals surface area contributed by atoms with Gasteiger partial charge >= 0.3 is 5.97 Å². The van der Waals surface area contributed by atoms with Crippen molar-refractivity contribution in [3.63, 3.8) is 0 Å². The third kappa shape index (κ3) is 2.07. The van der Waals surface area contributed by atoms with Crippen molar-refractivity contribution in [2.75, 3.05) is 20.8 Å². The number of fused-ring (bicyclic) bond motifs is 2. The molecule has 1 amide bonds. The van der Waals surface area contributed by atoms with E-state index in [0.29, 0.717) is 29.8 Å². The van der Waals surface area contributed by atoms with Gasteiger partial charge in [0.25, 0.3) is 5.91 Å². The van der Waals surface area contributed by atoms with Crippen molar-refractivity contribution in [3.8, 4) is 5.75 Å². The second-order valence-corrected chi connectivity index (χ2v) is 6.73. The van der Waals surface area contributed by atoms with Crippen molar-refractivity contribution in [2.45, 2.75) is 33.1 Å². The van der Waals surface area contributed by atoms with Crippen LogP contribution in [-0.2, 0) is 24.0 Å². The van der Waals surface area contributed by atoms with Gasteiger partial charge in [0.1, 0.15) is 5.75 Å². The molecule has 5 nitrogen and oxygen atoms in total. The molecule has 0 fully saturated rings. The first kappa shape index (κ1) is 14.9. The fourth-order valence-corrected chi connectivity index (χ4v) is 3.74. The van der Waals surface area contributed by atoms with E-state index < -0.39 is 0 Å². The Morgan fingerprint density at radius 1 is 1.14 bits per heavy atom. The van der Waals surface area contributed by atoms with Crippen LogP contribution in [0.25, 0.3) is 0 Å². The summed E-state index contributed by atoms with van der Waals surface area (Å²) in [5.74, 6) is 0.0961. The molecular formula is C17H21NO4. The van der Waals surface area contributed by atoms with Crippen LogP contribution >= 0.6 is 0 Å². The summed E-state index contributed by atoms with van der Waals surface area (Å²) in [5.41, 5.74) is 3.85. The molecule has 1 aliphatic heterocycles. The lowest BCUT2D eigenvalue weighted by atomic mass is 9.87.